The van der Waals surface area contributed by atoms with E-state index in [0.717, 1.165) is 12.1 Å². The lowest BCUT2D eigenvalue weighted by Gasteiger charge is -2.43. The lowest BCUT2D eigenvalue weighted by Crippen LogP contribution is -2.34. The van der Waals surface area contributed by atoms with Crippen LogP contribution in [-0.2, 0) is 19.2 Å². The summed E-state index contributed by atoms with van der Waals surface area (Å²) in [6, 6.07) is 4.03. The van der Waals surface area contributed by atoms with Gasteiger partial charge in [-0.25, -0.2) is 0 Å². The van der Waals surface area contributed by atoms with Gasteiger partial charge in [0.2, 0.25) is 0 Å². The van der Waals surface area contributed by atoms with Gasteiger partial charge in [-0.3, -0.25) is 0 Å². The van der Waals surface area contributed by atoms with E-state index in [4.69, 9.17) is 0 Å². The molecule has 0 saturated heterocycles. The van der Waals surface area contributed by atoms with Crippen LogP contribution in [0.25, 0.3) is 6.08 Å². The zero-order valence-electron chi connectivity index (χ0n) is 16.6. The van der Waals surface area contributed by atoms with Crippen LogP contribution in [0.2, 0.25) is 0 Å². The molecule has 0 amide bonds. The Hall–Kier alpha value is -1.20. The Morgan fingerprint density at radius 3 is 1.76 bits per heavy atom. The van der Waals surface area contributed by atoms with Gasteiger partial charge in [0, 0.05) is 20.1 Å². The molecule has 0 aromatic heterocycles. The summed E-state index contributed by atoms with van der Waals surface area (Å²) >= 11 is 0. The fraction of sp³-hybridized carbons (Fsp3) is 0.556. The number of allylic oxidation sites excluding steroid dienone is 1. The second kappa shape index (κ2) is 6.65. The van der Waals surface area contributed by atoms with Crippen molar-refractivity contribution in [3.63, 3.8) is 0 Å². The van der Waals surface area contributed by atoms with Crippen molar-refractivity contribution in [3.8, 4) is 0 Å². The van der Waals surface area contributed by atoms with E-state index in [-0.39, 0.29) is 5.56 Å². The van der Waals surface area contributed by atoms with Crippen molar-refractivity contribution in [3.05, 3.63) is 34.2 Å². The summed E-state index contributed by atoms with van der Waals surface area (Å²) in [6.07, 6.45) is 1.09. The van der Waals surface area contributed by atoms with E-state index in [0.29, 0.717) is 5.56 Å². The zero-order chi connectivity index (χ0) is 22.8. The highest BCUT2D eigenvalue weighted by Crippen LogP contribution is 2.80. The lowest BCUT2D eigenvalue weighted by molar-refractivity contribution is -0.0548. The van der Waals surface area contributed by atoms with Crippen LogP contribution in [0, 0.1) is 5.41 Å². The molecular formula is C18H22F6O3S2. The molecule has 1 aromatic rings. The minimum Gasteiger partial charge on any atom is -0.196 e. The van der Waals surface area contributed by atoms with Gasteiger partial charge in [-0.1, -0.05) is 53.7 Å². The van der Waals surface area contributed by atoms with Gasteiger partial charge in [-0.15, -0.1) is 0 Å². The third-order valence-corrected chi connectivity index (χ3v) is 9.40. The minimum atomic E-state index is -6.53. The predicted molar refractivity (Wildman–Crippen MR) is 101 cm³/mol. The van der Waals surface area contributed by atoms with E-state index in [1.54, 1.807) is 26.8 Å². The van der Waals surface area contributed by atoms with Crippen LogP contribution >= 0.6 is 10.3 Å². The molecule has 0 radical (unpaired) electrons. The molecule has 1 unspecified atom stereocenters. The largest absolute Gasteiger partial charge is 0.523 e. The molecule has 0 fully saturated rings. The summed E-state index contributed by atoms with van der Waals surface area (Å²) in [4.78, 5) is -1.12. The molecule has 0 saturated carbocycles. The molecule has 0 N–H and O–H groups in total. The molecule has 1 aliphatic heterocycles. The maximum Gasteiger partial charge on any atom is 0.523 e. The molecule has 1 aliphatic rings. The Kier molecular flexibility index (Phi) is 5.52. The van der Waals surface area contributed by atoms with Crippen LogP contribution in [0.5, 0.6) is 0 Å². The molecule has 0 spiro atoms. The molecular weight excluding hydrogens is 442 g/mol. The highest BCUT2D eigenvalue weighted by molar-refractivity contribution is 8.37. The standard InChI is InChI=1S/C18H22F6O3S2/c1-15(2,3)12-8-7-11-9-14(16(4,5)6)28(13(11)10-12,17(19,20)21)27-29(25,26)18(22,23)24/h7-10H,1-6H3. The van der Waals surface area contributed by atoms with Gasteiger partial charge in [0.15, 0.2) is 0 Å². The number of benzene rings is 1. The van der Waals surface area contributed by atoms with Crippen molar-refractivity contribution in [2.45, 2.75) is 62.9 Å². The number of hydrogen-bond donors (Lipinski definition) is 0. The van der Waals surface area contributed by atoms with Crippen LogP contribution in [0.4, 0.5) is 26.3 Å². The van der Waals surface area contributed by atoms with Gasteiger partial charge in [-0.2, -0.15) is 38.4 Å². The minimum absolute atomic E-state index is 0.00683. The topological polar surface area (TPSA) is 43.4 Å². The Morgan fingerprint density at radius 1 is 0.862 bits per heavy atom. The van der Waals surface area contributed by atoms with Gasteiger partial charge in [0.05, 0.1) is 0 Å². The van der Waals surface area contributed by atoms with E-state index < -0.39 is 52.1 Å². The average Bonchev–Trinajstić information content (AvgIpc) is 2.79. The maximum atomic E-state index is 14.5. The summed E-state index contributed by atoms with van der Waals surface area (Å²) < 4.78 is 110. The Morgan fingerprint density at radius 2 is 1.38 bits per heavy atom. The number of rotatable bonds is 2. The Labute approximate surface area is 167 Å². The van der Waals surface area contributed by atoms with Crippen molar-refractivity contribution < 1.29 is 38.4 Å². The van der Waals surface area contributed by atoms with E-state index in [1.807, 2.05) is 0 Å². The first kappa shape index (κ1) is 24.1. The van der Waals surface area contributed by atoms with Gasteiger partial charge in [-0.05, 0) is 34.1 Å². The summed E-state index contributed by atoms with van der Waals surface area (Å²) in [5, 5.41) is 0. The SMILES string of the molecule is CC(C)(C)C1=Cc2ccc(C(C)(C)C)cc2S1(OS(=O)(=O)C(F)(F)F)C(F)(F)F. The van der Waals surface area contributed by atoms with E-state index in [1.165, 1.54) is 26.8 Å². The van der Waals surface area contributed by atoms with Crippen LogP contribution < -0.4 is 0 Å². The van der Waals surface area contributed by atoms with Crippen molar-refractivity contribution in [1.82, 2.24) is 0 Å². The average molecular weight is 464 g/mol. The fourth-order valence-corrected chi connectivity index (χ4v) is 7.81. The molecule has 1 heterocycles. The molecule has 11 heteroatoms. The normalized spacial score (nSPS) is 23.4. The third kappa shape index (κ3) is 4.05. The maximum absolute atomic E-state index is 14.5. The molecule has 166 valence electrons. The van der Waals surface area contributed by atoms with Gasteiger partial charge < -0.3 is 0 Å². The third-order valence-electron chi connectivity index (χ3n) is 4.33. The Balaban J connectivity index is 2.95. The first-order valence-corrected chi connectivity index (χ1v) is 11.4. The van der Waals surface area contributed by atoms with Crippen molar-refractivity contribution in [2.24, 2.45) is 5.41 Å². The summed E-state index contributed by atoms with van der Waals surface area (Å²) in [7, 11) is -11.5. The monoisotopic (exact) mass is 464 g/mol. The van der Waals surface area contributed by atoms with Crippen LogP contribution in [-0.4, -0.2) is 19.4 Å². The van der Waals surface area contributed by atoms with Gasteiger partial charge in [0.1, 0.15) is 0 Å². The smallest absolute Gasteiger partial charge is 0.196 e. The van der Waals surface area contributed by atoms with Crippen LogP contribution in [0.3, 0.4) is 0 Å². The molecule has 1 aromatic carbocycles. The first-order chi connectivity index (χ1) is 12.6. The lowest BCUT2D eigenvalue weighted by atomic mass is 9.86. The van der Waals surface area contributed by atoms with E-state index in [2.05, 4.69) is 3.63 Å². The molecule has 0 bridgehead atoms. The first-order valence-electron chi connectivity index (χ1n) is 8.43. The molecule has 29 heavy (non-hydrogen) atoms. The Bertz CT molecular complexity index is 948. The summed E-state index contributed by atoms with van der Waals surface area (Å²) in [5.74, 6) is 0. The van der Waals surface area contributed by atoms with Gasteiger partial charge in [0.25, 0.3) is 0 Å². The predicted octanol–water partition coefficient (Wildman–Crippen LogP) is 6.85. The van der Waals surface area contributed by atoms with Crippen molar-refractivity contribution in [2.75, 3.05) is 0 Å². The van der Waals surface area contributed by atoms with Crippen molar-refractivity contribution >= 4 is 26.5 Å². The van der Waals surface area contributed by atoms with Crippen LogP contribution in [0.15, 0.2) is 28.0 Å². The van der Waals surface area contributed by atoms with E-state index in [9.17, 15) is 34.8 Å². The summed E-state index contributed by atoms with van der Waals surface area (Å²) in [6.45, 7) is 9.27. The zero-order valence-corrected chi connectivity index (χ0v) is 18.3. The molecule has 3 nitrogen and oxygen atoms in total. The second-order valence-corrected chi connectivity index (χ2v) is 13.1. The number of halogens is 6. The van der Waals surface area contributed by atoms with Gasteiger partial charge >= 0.3 is 21.1 Å². The summed E-state index contributed by atoms with van der Waals surface area (Å²) in [5.41, 5.74) is -12.9. The number of hydrogen-bond acceptors (Lipinski definition) is 3. The van der Waals surface area contributed by atoms with E-state index >= 15 is 0 Å². The van der Waals surface area contributed by atoms with Crippen molar-refractivity contribution in [1.29, 1.82) is 0 Å². The second-order valence-electron chi connectivity index (χ2n) is 8.73. The molecule has 1 atom stereocenters. The molecule has 2 rings (SSSR count). The highest BCUT2D eigenvalue weighted by Gasteiger charge is 2.65. The fourth-order valence-electron chi connectivity index (χ4n) is 2.89. The quantitative estimate of drug-likeness (QED) is 0.355. The van der Waals surface area contributed by atoms with Crippen LogP contribution in [0.1, 0.15) is 52.7 Å². The number of alkyl halides is 6. The molecule has 0 aliphatic carbocycles. The highest BCUT2D eigenvalue weighted by atomic mass is 32.3. The number of fused-ring (bicyclic) bond motifs is 1.